The number of aliphatic hydroxyl groups is 1. The fraction of sp³-hybridized carbons (Fsp3) is 0.714. The third kappa shape index (κ3) is 1.70. The summed E-state index contributed by atoms with van der Waals surface area (Å²) >= 11 is 5.52. The zero-order chi connectivity index (χ0) is 6.74. The molecule has 52 valence electrons. The zero-order valence-electron chi connectivity index (χ0n) is 5.31. The Labute approximate surface area is 60.3 Å². The minimum absolute atomic E-state index is 0.323. The maximum Gasteiger partial charge on any atom is 0.0962 e. The molecule has 1 aliphatic carbocycles. The van der Waals surface area contributed by atoms with Crippen LogP contribution in [0.15, 0.2) is 12.2 Å². The minimum Gasteiger partial charge on any atom is -0.385 e. The Hall–Kier alpha value is -0.0100. The van der Waals surface area contributed by atoms with E-state index in [1.54, 1.807) is 0 Å². The first kappa shape index (κ1) is 7.10. The van der Waals surface area contributed by atoms with E-state index in [9.17, 15) is 5.11 Å². The molecule has 0 saturated carbocycles. The van der Waals surface area contributed by atoms with Gasteiger partial charge in [0.2, 0.25) is 0 Å². The number of hydrogen-bond acceptors (Lipinski definition) is 1. The third-order valence-electron chi connectivity index (χ3n) is 1.64. The number of allylic oxidation sites excluding steroid dienone is 1. The lowest BCUT2D eigenvalue weighted by Crippen LogP contribution is -2.29. The second kappa shape index (κ2) is 2.72. The van der Waals surface area contributed by atoms with Crippen LogP contribution in [0.5, 0.6) is 0 Å². The molecule has 0 saturated heterocycles. The molecule has 0 aromatic carbocycles. The Morgan fingerprint density at radius 3 is 2.78 bits per heavy atom. The monoisotopic (exact) mass is 146 g/mol. The minimum atomic E-state index is -0.695. The van der Waals surface area contributed by atoms with Crippen molar-refractivity contribution in [2.45, 2.75) is 24.9 Å². The van der Waals surface area contributed by atoms with Gasteiger partial charge in [0.05, 0.1) is 11.5 Å². The van der Waals surface area contributed by atoms with Crippen molar-refractivity contribution in [1.29, 1.82) is 0 Å². The Morgan fingerprint density at radius 1 is 1.67 bits per heavy atom. The van der Waals surface area contributed by atoms with E-state index < -0.39 is 5.60 Å². The van der Waals surface area contributed by atoms with Gasteiger partial charge in [-0.15, -0.1) is 11.6 Å². The van der Waals surface area contributed by atoms with Crippen LogP contribution in [0.2, 0.25) is 0 Å². The summed E-state index contributed by atoms with van der Waals surface area (Å²) in [5.41, 5.74) is -0.695. The lowest BCUT2D eigenvalue weighted by Gasteiger charge is -2.24. The van der Waals surface area contributed by atoms with Crippen molar-refractivity contribution in [3.63, 3.8) is 0 Å². The Bertz CT molecular complexity index is 122. The first-order valence-corrected chi connectivity index (χ1v) is 3.76. The number of rotatable bonds is 1. The van der Waals surface area contributed by atoms with Crippen molar-refractivity contribution in [3.05, 3.63) is 12.2 Å². The van der Waals surface area contributed by atoms with E-state index in [0.717, 1.165) is 19.3 Å². The predicted molar refractivity (Wildman–Crippen MR) is 38.7 cm³/mol. The molecule has 9 heavy (non-hydrogen) atoms. The maximum atomic E-state index is 9.46. The summed E-state index contributed by atoms with van der Waals surface area (Å²) in [5.74, 6) is 0.323. The van der Waals surface area contributed by atoms with E-state index in [1.807, 2.05) is 12.2 Å². The molecule has 0 heterocycles. The van der Waals surface area contributed by atoms with Crippen LogP contribution < -0.4 is 0 Å². The first-order chi connectivity index (χ1) is 4.27. The fourth-order valence-electron chi connectivity index (χ4n) is 1.02. The van der Waals surface area contributed by atoms with Crippen molar-refractivity contribution in [2.75, 3.05) is 5.88 Å². The molecule has 1 rings (SSSR count). The summed E-state index contributed by atoms with van der Waals surface area (Å²) in [6.45, 7) is 0. The maximum absolute atomic E-state index is 9.46. The normalized spacial score (nSPS) is 34.9. The summed E-state index contributed by atoms with van der Waals surface area (Å²) in [7, 11) is 0. The highest BCUT2D eigenvalue weighted by molar-refractivity contribution is 6.18. The molecule has 0 amide bonds. The standard InChI is InChI=1S/C7H11ClO/c8-6-7(9)4-2-1-3-5-7/h2,4,9H,1,3,5-6H2/t7-/m0/s1. The average molecular weight is 147 g/mol. The van der Waals surface area contributed by atoms with Crippen molar-refractivity contribution in [2.24, 2.45) is 0 Å². The van der Waals surface area contributed by atoms with Gasteiger partial charge in [-0.1, -0.05) is 12.2 Å². The number of halogens is 1. The third-order valence-corrected chi connectivity index (χ3v) is 2.10. The average Bonchev–Trinajstić information content (AvgIpc) is 1.90. The zero-order valence-corrected chi connectivity index (χ0v) is 6.06. The number of hydrogen-bond donors (Lipinski definition) is 1. The van der Waals surface area contributed by atoms with Gasteiger partial charge in [0.15, 0.2) is 0 Å². The SMILES string of the molecule is O[C@@]1(CCl)C=CCCC1. The molecule has 0 aromatic heterocycles. The van der Waals surface area contributed by atoms with Crippen LogP contribution in [0, 0.1) is 0 Å². The molecule has 0 unspecified atom stereocenters. The molecule has 0 spiro atoms. The topological polar surface area (TPSA) is 20.2 Å². The number of alkyl halides is 1. The van der Waals surface area contributed by atoms with Crippen LogP contribution in [0.1, 0.15) is 19.3 Å². The lowest BCUT2D eigenvalue weighted by molar-refractivity contribution is 0.0983. The molecule has 0 aliphatic heterocycles. The molecule has 0 aromatic rings. The highest BCUT2D eigenvalue weighted by Crippen LogP contribution is 2.22. The summed E-state index contributed by atoms with van der Waals surface area (Å²) in [4.78, 5) is 0. The molecule has 0 radical (unpaired) electrons. The second-order valence-corrected chi connectivity index (χ2v) is 2.80. The van der Waals surface area contributed by atoms with Gasteiger partial charge in [0.25, 0.3) is 0 Å². The van der Waals surface area contributed by atoms with Crippen LogP contribution in [0.4, 0.5) is 0 Å². The Morgan fingerprint density at radius 2 is 2.44 bits per heavy atom. The summed E-state index contributed by atoms with van der Waals surface area (Å²) < 4.78 is 0. The molecule has 2 heteroatoms. The van der Waals surface area contributed by atoms with E-state index in [1.165, 1.54) is 0 Å². The smallest absolute Gasteiger partial charge is 0.0962 e. The first-order valence-electron chi connectivity index (χ1n) is 3.23. The van der Waals surface area contributed by atoms with E-state index in [0.29, 0.717) is 5.88 Å². The van der Waals surface area contributed by atoms with E-state index >= 15 is 0 Å². The van der Waals surface area contributed by atoms with Crippen LogP contribution >= 0.6 is 11.6 Å². The molecule has 0 fully saturated rings. The largest absolute Gasteiger partial charge is 0.385 e. The summed E-state index contributed by atoms with van der Waals surface area (Å²) in [6.07, 6.45) is 6.75. The molecule has 1 aliphatic rings. The van der Waals surface area contributed by atoms with Gasteiger partial charge in [-0.3, -0.25) is 0 Å². The summed E-state index contributed by atoms with van der Waals surface area (Å²) in [5, 5.41) is 9.46. The van der Waals surface area contributed by atoms with Crippen molar-refractivity contribution in [1.82, 2.24) is 0 Å². The van der Waals surface area contributed by atoms with Crippen LogP contribution in [-0.2, 0) is 0 Å². The van der Waals surface area contributed by atoms with E-state index in [2.05, 4.69) is 0 Å². The van der Waals surface area contributed by atoms with E-state index in [4.69, 9.17) is 11.6 Å². The van der Waals surface area contributed by atoms with E-state index in [-0.39, 0.29) is 0 Å². The molecule has 1 N–H and O–H groups in total. The fourth-order valence-corrected chi connectivity index (χ4v) is 1.25. The highest BCUT2D eigenvalue weighted by Gasteiger charge is 2.23. The highest BCUT2D eigenvalue weighted by atomic mass is 35.5. The quantitative estimate of drug-likeness (QED) is 0.441. The van der Waals surface area contributed by atoms with Crippen LogP contribution in [0.25, 0.3) is 0 Å². The molecule has 0 bridgehead atoms. The van der Waals surface area contributed by atoms with Gasteiger partial charge in [0, 0.05) is 0 Å². The summed E-state index contributed by atoms with van der Waals surface area (Å²) in [6, 6.07) is 0. The van der Waals surface area contributed by atoms with Crippen LogP contribution in [-0.4, -0.2) is 16.6 Å². The second-order valence-electron chi connectivity index (χ2n) is 2.53. The molecule has 1 nitrogen and oxygen atoms in total. The van der Waals surface area contributed by atoms with Crippen molar-refractivity contribution < 1.29 is 5.11 Å². The van der Waals surface area contributed by atoms with Crippen LogP contribution in [0.3, 0.4) is 0 Å². The van der Waals surface area contributed by atoms with Gasteiger partial charge < -0.3 is 5.11 Å². The van der Waals surface area contributed by atoms with Gasteiger partial charge >= 0.3 is 0 Å². The molecular weight excluding hydrogens is 136 g/mol. The van der Waals surface area contributed by atoms with Gasteiger partial charge in [-0.05, 0) is 19.3 Å². The Kier molecular flexibility index (Phi) is 2.14. The molecule has 1 atom stereocenters. The van der Waals surface area contributed by atoms with Gasteiger partial charge in [0.1, 0.15) is 0 Å². The van der Waals surface area contributed by atoms with Gasteiger partial charge in [-0.2, -0.15) is 0 Å². The van der Waals surface area contributed by atoms with Gasteiger partial charge in [-0.25, -0.2) is 0 Å². The predicted octanol–water partition coefficient (Wildman–Crippen LogP) is 1.70. The van der Waals surface area contributed by atoms with Crippen molar-refractivity contribution >= 4 is 11.6 Å². The Balaban J connectivity index is 2.56. The lowest BCUT2D eigenvalue weighted by atomic mass is 9.93. The molecular formula is C7H11ClO. The van der Waals surface area contributed by atoms with Crippen molar-refractivity contribution in [3.8, 4) is 0 Å².